The van der Waals surface area contributed by atoms with Crippen LogP contribution in [-0.4, -0.2) is 12.5 Å². The van der Waals surface area contributed by atoms with E-state index in [1.807, 2.05) is 54.6 Å². The first-order valence-corrected chi connectivity index (χ1v) is 8.19. The van der Waals surface area contributed by atoms with Crippen molar-refractivity contribution in [2.24, 2.45) is 17.6 Å². The Morgan fingerprint density at radius 2 is 1.58 bits per heavy atom. The van der Waals surface area contributed by atoms with Crippen LogP contribution in [0, 0.1) is 11.8 Å². The Hall–Kier alpha value is -2.04. The third kappa shape index (κ3) is 4.49. The van der Waals surface area contributed by atoms with E-state index < -0.39 is 0 Å². The number of benzene rings is 2. The Balaban J connectivity index is 0.00000208. The second-order valence-electron chi connectivity index (χ2n) is 6.09. The smallest absolute Gasteiger partial charge is 0.227 e. The fourth-order valence-electron chi connectivity index (χ4n) is 3.22. The van der Waals surface area contributed by atoms with Crippen molar-refractivity contribution in [1.29, 1.82) is 0 Å². The van der Waals surface area contributed by atoms with Gasteiger partial charge in [0.25, 0.3) is 0 Å². The number of hydrogen-bond donors (Lipinski definition) is 3. The fourth-order valence-corrected chi connectivity index (χ4v) is 3.22. The van der Waals surface area contributed by atoms with Gasteiger partial charge in [-0.1, -0.05) is 24.6 Å². The lowest BCUT2D eigenvalue weighted by Crippen LogP contribution is -2.29. The van der Waals surface area contributed by atoms with E-state index in [9.17, 15) is 4.79 Å². The molecule has 0 bridgehead atoms. The van der Waals surface area contributed by atoms with Gasteiger partial charge in [-0.15, -0.1) is 12.4 Å². The number of amides is 1. The Kier molecular flexibility index (Phi) is 6.64. The van der Waals surface area contributed by atoms with E-state index in [2.05, 4.69) is 10.6 Å². The quantitative estimate of drug-likeness (QED) is 0.762. The maximum absolute atomic E-state index is 12.4. The standard InChI is InChI=1S/C19H23N3O.ClH/c20-13-14-5-4-8-18(14)19(23)22-17-11-9-16(10-12-17)21-15-6-2-1-3-7-15;/h1-3,6-7,9-12,14,18,21H,4-5,8,13,20H2,(H,22,23);1H/t14-,18-;/m1./s1. The molecule has 0 heterocycles. The maximum Gasteiger partial charge on any atom is 0.227 e. The van der Waals surface area contributed by atoms with E-state index in [-0.39, 0.29) is 24.2 Å². The Morgan fingerprint density at radius 3 is 2.25 bits per heavy atom. The van der Waals surface area contributed by atoms with Gasteiger partial charge in [0.1, 0.15) is 0 Å². The van der Waals surface area contributed by atoms with Crippen LogP contribution in [0.5, 0.6) is 0 Å². The number of halogens is 1. The van der Waals surface area contributed by atoms with Gasteiger partial charge in [0, 0.05) is 23.0 Å². The normalized spacial score (nSPS) is 19.4. The summed E-state index contributed by atoms with van der Waals surface area (Å²) in [6.45, 7) is 0.595. The Labute approximate surface area is 149 Å². The lowest BCUT2D eigenvalue weighted by molar-refractivity contribution is -0.120. The third-order valence-corrected chi connectivity index (χ3v) is 4.51. The number of nitrogens with one attached hydrogen (secondary N) is 2. The molecule has 1 aliphatic carbocycles. The molecule has 0 aromatic heterocycles. The van der Waals surface area contributed by atoms with Crippen molar-refractivity contribution in [2.45, 2.75) is 19.3 Å². The number of nitrogens with two attached hydrogens (primary N) is 1. The molecule has 2 atom stereocenters. The van der Waals surface area contributed by atoms with Crippen molar-refractivity contribution in [1.82, 2.24) is 0 Å². The van der Waals surface area contributed by atoms with Gasteiger partial charge in [0.05, 0.1) is 0 Å². The zero-order valence-corrected chi connectivity index (χ0v) is 14.4. The van der Waals surface area contributed by atoms with Gasteiger partial charge < -0.3 is 16.4 Å². The molecule has 0 radical (unpaired) electrons. The molecular formula is C19H24ClN3O. The Bertz CT molecular complexity index is 645. The molecule has 2 aromatic rings. The minimum atomic E-state index is 0. The lowest BCUT2D eigenvalue weighted by atomic mass is 9.95. The van der Waals surface area contributed by atoms with E-state index in [1.165, 1.54) is 0 Å². The summed E-state index contributed by atoms with van der Waals surface area (Å²) < 4.78 is 0. The molecule has 1 amide bonds. The number of para-hydroxylation sites is 1. The van der Waals surface area contributed by atoms with Crippen LogP contribution >= 0.6 is 12.4 Å². The van der Waals surface area contributed by atoms with Crippen molar-refractivity contribution >= 4 is 35.4 Å². The molecule has 5 heteroatoms. The highest BCUT2D eigenvalue weighted by Gasteiger charge is 2.31. The van der Waals surface area contributed by atoms with E-state index >= 15 is 0 Å². The lowest BCUT2D eigenvalue weighted by Gasteiger charge is -2.17. The minimum absolute atomic E-state index is 0. The number of carbonyl (C=O) groups excluding carboxylic acids is 1. The number of carbonyl (C=O) groups is 1. The van der Waals surface area contributed by atoms with Crippen molar-refractivity contribution in [3.05, 3.63) is 54.6 Å². The summed E-state index contributed by atoms with van der Waals surface area (Å²) in [6, 6.07) is 17.8. The molecule has 4 nitrogen and oxygen atoms in total. The van der Waals surface area contributed by atoms with Crippen LogP contribution in [0.3, 0.4) is 0 Å². The maximum atomic E-state index is 12.4. The topological polar surface area (TPSA) is 67.2 Å². The zero-order valence-electron chi connectivity index (χ0n) is 13.6. The van der Waals surface area contributed by atoms with Crippen LogP contribution in [0.25, 0.3) is 0 Å². The molecule has 2 aromatic carbocycles. The molecule has 0 spiro atoms. The average Bonchev–Trinajstić information content (AvgIpc) is 3.06. The van der Waals surface area contributed by atoms with Crippen LogP contribution in [-0.2, 0) is 4.79 Å². The molecule has 128 valence electrons. The molecule has 3 rings (SSSR count). The van der Waals surface area contributed by atoms with Crippen molar-refractivity contribution in [2.75, 3.05) is 17.2 Å². The molecule has 1 saturated carbocycles. The Morgan fingerprint density at radius 1 is 0.958 bits per heavy atom. The van der Waals surface area contributed by atoms with Crippen LogP contribution in [0.1, 0.15) is 19.3 Å². The van der Waals surface area contributed by atoms with E-state index in [0.29, 0.717) is 12.5 Å². The van der Waals surface area contributed by atoms with Gasteiger partial charge in [-0.25, -0.2) is 0 Å². The molecule has 1 fully saturated rings. The predicted octanol–water partition coefficient (Wildman–Crippen LogP) is 4.17. The van der Waals surface area contributed by atoms with Gasteiger partial charge in [-0.3, -0.25) is 4.79 Å². The number of anilines is 3. The monoisotopic (exact) mass is 345 g/mol. The van der Waals surface area contributed by atoms with Crippen LogP contribution in [0.15, 0.2) is 54.6 Å². The van der Waals surface area contributed by atoms with Gasteiger partial charge in [0.2, 0.25) is 5.91 Å². The van der Waals surface area contributed by atoms with Crippen molar-refractivity contribution in [3.8, 4) is 0 Å². The largest absolute Gasteiger partial charge is 0.356 e. The summed E-state index contributed by atoms with van der Waals surface area (Å²) >= 11 is 0. The molecule has 1 aliphatic rings. The van der Waals surface area contributed by atoms with Crippen LogP contribution in [0.2, 0.25) is 0 Å². The summed E-state index contributed by atoms with van der Waals surface area (Å²) in [4.78, 5) is 12.4. The zero-order chi connectivity index (χ0) is 16.1. The van der Waals surface area contributed by atoms with E-state index in [0.717, 1.165) is 36.3 Å². The third-order valence-electron chi connectivity index (χ3n) is 4.51. The van der Waals surface area contributed by atoms with Crippen molar-refractivity contribution < 1.29 is 4.79 Å². The van der Waals surface area contributed by atoms with Crippen LogP contribution < -0.4 is 16.4 Å². The second kappa shape index (κ2) is 8.71. The average molecular weight is 346 g/mol. The molecule has 0 aliphatic heterocycles. The highest BCUT2D eigenvalue weighted by atomic mass is 35.5. The summed E-state index contributed by atoms with van der Waals surface area (Å²) in [7, 11) is 0. The minimum Gasteiger partial charge on any atom is -0.356 e. The number of hydrogen-bond acceptors (Lipinski definition) is 3. The van der Waals surface area contributed by atoms with E-state index in [4.69, 9.17) is 5.73 Å². The predicted molar refractivity (Wildman–Crippen MR) is 102 cm³/mol. The summed E-state index contributed by atoms with van der Waals surface area (Å²) in [5, 5.41) is 6.34. The summed E-state index contributed by atoms with van der Waals surface area (Å²) in [6.07, 6.45) is 3.11. The van der Waals surface area contributed by atoms with Gasteiger partial charge in [-0.2, -0.15) is 0 Å². The SMILES string of the molecule is Cl.NC[C@H]1CCC[C@H]1C(=O)Nc1ccc(Nc2ccccc2)cc1. The molecule has 4 N–H and O–H groups in total. The first kappa shape index (κ1) is 18.3. The first-order chi connectivity index (χ1) is 11.3. The number of rotatable bonds is 5. The summed E-state index contributed by atoms with van der Waals surface area (Å²) in [5.74, 6) is 0.484. The molecule has 0 unspecified atom stereocenters. The second-order valence-corrected chi connectivity index (χ2v) is 6.09. The molecule has 24 heavy (non-hydrogen) atoms. The molecule has 0 saturated heterocycles. The van der Waals surface area contributed by atoms with Crippen molar-refractivity contribution in [3.63, 3.8) is 0 Å². The van der Waals surface area contributed by atoms with Gasteiger partial charge >= 0.3 is 0 Å². The van der Waals surface area contributed by atoms with Gasteiger partial charge in [-0.05, 0) is 61.7 Å². The highest BCUT2D eigenvalue weighted by Crippen LogP contribution is 2.32. The first-order valence-electron chi connectivity index (χ1n) is 8.19. The van der Waals surface area contributed by atoms with E-state index in [1.54, 1.807) is 0 Å². The van der Waals surface area contributed by atoms with Gasteiger partial charge in [0.15, 0.2) is 0 Å². The van der Waals surface area contributed by atoms with Crippen LogP contribution in [0.4, 0.5) is 17.1 Å². The molecular weight excluding hydrogens is 322 g/mol. The fraction of sp³-hybridized carbons (Fsp3) is 0.316. The highest BCUT2D eigenvalue weighted by molar-refractivity contribution is 5.93. The summed E-state index contributed by atoms with van der Waals surface area (Å²) in [5.41, 5.74) is 8.63.